The quantitative estimate of drug-likeness (QED) is 0.861. The Hall–Kier alpha value is -1.77. The molecular weight excluding hydrogens is 212 g/mol. The molecule has 2 rings (SSSR count). The lowest BCUT2D eigenvalue weighted by Crippen LogP contribution is -2.27. The molecule has 0 aliphatic carbocycles. The summed E-state index contributed by atoms with van der Waals surface area (Å²) in [6.45, 7) is 2.95. The lowest BCUT2D eigenvalue weighted by molar-refractivity contribution is 0.0793. The van der Waals surface area contributed by atoms with Crippen molar-refractivity contribution in [2.45, 2.75) is 19.8 Å². The van der Waals surface area contributed by atoms with E-state index in [1.807, 2.05) is 37.5 Å². The first-order valence-electron chi connectivity index (χ1n) is 6.05. The number of hydrogen-bond donors (Lipinski definition) is 1. The molecule has 0 fully saturated rings. The van der Waals surface area contributed by atoms with Crippen molar-refractivity contribution >= 4 is 16.8 Å². The minimum absolute atomic E-state index is 0.0987. The van der Waals surface area contributed by atoms with Gasteiger partial charge in [0, 0.05) is 36.3 Å². The van der Waals surface area contributed by atoms with Crippen LogP contribution in [0.4, 0.5) is 0 Å². The maximum Gasteiger partial charge on any atom is 0.253 e. The standard InChI is InChI=1S/C14H18N2O/c1-3-4-9-16(2)14(17)12-5-6-13-11(10-12)7-8-15-13/h5-8,10,15H,3-4,9H2,1-2H3. The monoisotopic (exact) mass is 230 g/mol. The molecular formula is C14H18N2O. The van der Waals surface area contributed by atoms with Crippen LogP contribution < -0.4 is 0 Å². The molecule has 0 bridgehead atoms. The lowest BCUT2D eigenvalue weighted by Gasteiger charge is -2.16. The zero-order valence-electron chi connectivity index (χ0n) is 10.4. The Balaban J connectivity index is 2.17. The smallest absolute Gasteiger partial charge is 0.253 e. The Morgan fingerprint density at radius 1 is 1.35 bits per heavy atom. The number of carbonyl (C=O) groups is 1. The molecule has 0 unspecified atom stereocenters. The fourth-order valence-electron chi connectivity index (χ4n) is 1.90. The molecule has 0 spiro atoms. The number of amides is 1. The van der Waals surface area contributed by atoms with Gasteiger partial charge in [-0.15, -0.1) is 0 Å². The van der Waals surface area contributed by atoms with E-state index in [1.165, 1.54) is 0 Å². The maximum absolute atomic E-state index is 12.1. The summed E-state index contributed by atoms with van der Waals surface area (Å²) >= 11 is 0. The molecule has 17 heavy (non-hydrogen) atoms. The zero-order valence-corrected chi connectivity index (χ0v) is 10.4. The van der Waals surface area contributed by atoms with Crippen molar-refractivity contribution < 1.29 is 4.79 Å². The van der Waals surface area contributed by atoms with E-state index in [-0.39, 0.29) is 5.91 Å². The van der Waals surface area contributed by atoms with E-state index >= 15 is 0 Å². The molecule has 0 atom stereocenters. The molecule has 1 amide bonds. The molecule has 3 nitrogen and oxygen atoms in total. The molecule has 1 aromatic heterocycles. The van der Waals surface area contributed by atoms with Crippen LogP contribution >= 0.6 is 0 Å². The second-order valence-corrected chi connectivity index (χ2v) is 4.36. The van der Waals surface area contributed by atoms with Gasteiger partial charge in [0.2, 0.25) is 0 Å². The van der Waals surface area contributed by atoms with Crippen LogP contribution in [-0.2, 0) is 0 Å². The number of rotatable bonds is 4. The van der Waals surface area contributed by atoms with Crippen LogP contribution in [0.1, 0.15) is 30.1 Å². The average Bonchev–Trinajstić information content (AvgIpc) is 2.81. The van der Waals surface area contributed by atoms with Crippen molar-refractivity contribution in [3.05, 3.63) is 36.0 Å². The van der Waals surface area contributed by atoms with Crippen molar-refractivity contribution in [3.63, 3.8) is 0 Å². The van der Waals surface area contributed by atoms with E-state index < -0.39 is 0 Å². The number of fused-ring (bicyclic) bond motifs is 1. The number of aromatic amines is 1. The highest BCUT2D eigenvalue weighted by Crippen LogP contribution is 2.15. The third kappa shape index (κ3) is 2.49. The normalized spacial score (nSPS) is 10.7. The largest absolute Gasteiger partial charge is 0.361 e. The summed E-state index contributed by atoms with van der Waals surface area (Å²) in [6.07, 6.45) is 4.04. The van der Waals surface area contributed by atoms with Crippen molar-refractivity contribution in [2.75, 3.05) is 13.6 Å². The highest BCUT2D eigenvalue weighted by Gasteiger charge is 2.11. The highest BCUT2D eigenvalue weighted by atomic mass is 16.2. The van der Waals surface area contributed by atoms with Crippen LogP contribution in [0.15, 0.2) is 30.5 Å². The van der Waals surface area contributed by atoms with E-state index in [9.17, 15) is 4.79 Å². The van der Waals surface area contributed by atoms with E-state index in [4.69, 9.17) is 0 Å². The average molecular weight is 230 g/mol. The highest BCUT2D eigenvalue weighted by molar-refractivity contribution is 5.97. The number of aromatic nitrogens is 1. The number of hydrogen-bond acceptors (Lipinski definition) is 1. The van der Waals surface area contributed by atoms with Gasteiger partial charge in [0.05, 0.1) is 0 Å². The Kier molecular flexibility index (Phi) is 3.47. The first-order valence-corrected chi connectivity index (χ1v) is 6.05. The third-order valence-corrected chi connectivity index (χ3v) is 2.99. The van der Waals surface area contributed by atoms with Gasteiger partial charge < -0.3 is 9.88 Å². The number of unbranched alkanes of at least 4 members (excludes halogenated alkanes) is 1. The maximum atomic E-state index is 12.1. The van der Waals surface area contributed by atoms with Gasteiger partial charge in [-0.25, -0.2) is 0 Å². The van der Waals surface area contributed by atoms with E-state index in [0.29, 0.717) is 0 Å². The summed E-state index contributed by atoms with van der Waals surface area (Å²) in [7, 11) is 1.86. The molecule has 0 saturated heterocycles. The number of nitrogens with zero attached hydrogens (tertiary/aromatic N) is 1. The summed E-state index contributed by atoms with van der Waals surface area (Å²) < 4.78 is 0. The SMILES string of the molecule is CCCCN(C)C(=O)c1ccc2[nH]ccc2c1. The van der Waals surface area contributed by atoms with E-state index in [2.05, 4.69) is 11.9 Å². The molecule has 0 saturated carbocycles. The molecule has 1 N–H and O–H groups in total. The van der Waals surface area contributed by atoms with Crippen molar-refractivity contribution in [1.29, 1.82) is 0 Å². The van der Waals surface area contributed by atoms with Crippen LogP contribution in [-0.4, -0.2) is 29.4 Å². The summed E-state index contributed by atoms with van der Waals surface area (Å²) in [5.74, 6) is 0.0987. The van der Waals surface area contributed by atoms with Gasteiger partial charge in [-0.05, 0) is 30.7 Å². The molecule has 0 aliphatic rings. The second kappa shape index (κ2) is 5.04. The first-order chi connectivity index (χ1) is 8.22. The first kappa shape index (κ1) is 11.7. The van der Waals surface area contributed by atoms with Crippen LogP contribution in [0.2, 0.25) is 0 Å². The number of H-pyrrole nitrogens is 1. The Labute approximate surface area is 101 Å². The third-order valence-electron chi connectivity index (χ3n) is 2.99. The van der Waals surface area contributed by atoms with Crippen LogP contribution in [0.5, 0.6) is 0 Å². The second-order valence-electron chi connectivity index (χ2n) is 4.36. The predicted octanol–water partition coefficient (Wildman–Crippen LogP) is 3.04. The van der Waals surface area contributed by atoms with Gasteiger partial charge in [-0.1, -0.05) is 13.3 Å². The summed E-state index contributed by atoms with van der Waals surface area (Å²) in [5.41, 5.74) is 1.83. The van der Waals surface area contributed by atoms with Crippen molar-refractivity contribution in [2.24, 2.45) is 0 Å². The van der Waals surface area contributed by atoms with Crippen molar-refractivity contribution in [1.82, 2.24) is 9.88 Å². The number of benzene rings is 1. The Bertz CT molecular complexity index is 516. The summed E-state index contributed by atoms with van der Waals surface area (Å²) in [6, 6.07) is 7.76. The van der Waals surface area contributed by atoms with Crippen LogP contribution in [0.3, 0.4) is 0 Å². The fraction of sp³-hybridized carbons (Fsp3) is 0.357. The van der Waals surface area contributed by atoms with Gasteiger partial charge in [0.25, 0.3) is 5.91 Å². The molecule has 2 aromatic rings. The topological polar surface area (TPSA) is 36.1 Å². The van der Waals surface area contributed by atoms with E-state index in [0.717, 1.165) is 35.9 Å². The van der Waals surface area contributed by atoms with Gasteiger partial charge in [-0.2, -0.15) is 0 Å². The molecule has 0 radical (unpaired) electrons. The van der Waals surface area contributed by atoms with E-state index in [1.54, 1.807) is 4.90 Å². The molecule has 0 aliphatic heterocycles. The number of carbonyl (C=O) groups excluding carboxylic acids is 1. The van der Waals surface area contributed by atoms with Gasteiger partial charge >= 0.3 is 0 Å². The molecule has 90 valence electrons. The lowest BCUT2D eigenvalue weighted by atomic mass is 10.1. The van der Waals surface area contributed by atoms with Gasteiger partial charge in [0.1, 0.15) is 0 Å². The molecule has 1 aromatic carbocycles. The van der Waals surface area contributed by atoms with Gasteiger partial charge in [-0.3, -0.25) is 4.79 Å². The predicted molar refractivity (Wildman–Crippen MR) is 70.2 cm³/mol. The zero-order chi connectivity index (χ0) is 12.3. The summed E-state index contributed by atoms with van der Waals surface area (Å²) in [4.78, 5) is 17.0. The van der Waals surface area contributed by atoms with Crippen molar-refractivity contribution in [3.8, 4) is 0 Å². The molecule has 1 heterocycles. The Morgan fingerprint density at radius 2 is 2.18 bits per heavy atom. The minimum atomic E-state index is 0.0987. The van der Waals surface area contributed by atoms with Gasteiger partial charge in [0.15, 0.2) is 0 Å². The molecule has 3 heteroatoms. The summed E-state index contributed by atoms with van der Waals surface area (Å²) in [5, 5.41) is 1.08. The van der Waals surface area contributed by atoms with Crippen LogP contribution in [0.25, 0.3) is 10.9 Å². The number of nitrogens with one attached hydrogen (secondary N) is 1. The fourth-order valence-corrected chi connectivity index (χ4v) is 1.90. The Morgan fingerprint density at radius 3 is 2.94 bits per heavy atom. The minimum Gasteiger partial charge on any atom is -0.361 e. The van der Waals surface area contributed by atoms with Crippen LogP contribution in [0, 0.1) is 0 Å².